The van der Waals surface area contributed by atoms with E-state index in [9.17, 15) is 4.79 Å². The van der Waals surface area contributed by atoms with Gasteiger partial charge in [-0.2, -0.15) is 5.10 Å². The van der Waals surface area contributed by atoms with Crippen LogP contribution in [0, 0.1) is 11.3 Å². The van der Waals surface area contributed by atoms with E-state index in [2.05, 4.69) is 16.3 Å². The van der Waals surface area contributed by atoms with Gasteiger partial charge in [-0.3, -0.25) is 9.89 Å². The SMILES string of the molecule is COCC1(COCC2CCOCC2)CC=C(c2n[nH]cc2C=O)CC1. The highest BCUT2D eigenvalue weighted by molar-refractivity contribution is 5.83. The maximum atomic E-state index is 11.1. The van der Waals surface area contributed by atoms with Crippen molar-refractivity contribution in [2.45, 2.75) is 32.1 Å². The number of allylic oxidation sites excluding steroid dienone is 2. The Morgan fingerprint density at radius 2 is 2.24 bits per heavy atom. The van der Waals surface area contributed by atoms with Crippen molar-refractivity contribution in [3.05, 3.63) is 23.5 Å². The summed E-state index contributed by atoms with van der Waals surface area (Å²) in [6.45, 7) is 3.91. The molecule has 6 nitrogen and oxygen atoms in total. The molecule has 1 aromatic heterocycles. The third kappa shape index (κ3) is 4.57. The molecule has 25 heavy (non-hydrogen) atoms. The summed E-state index contributed by atoms with van der Waals surface area (Å²) in [4.78, 5) is 11.1. The number of ether oxygens (including phenoxy) is 3. The van der Waals surface area contributed by atoms with Crippen LogP contribution in [0.5, 0.6) is 0 Å². The van der Waals surface area contributed by atoms with Gasteiger partial charge in [-0.15, -0.1) is 0 Å². The summed E-state index contributed by atoms with van der Waals surface area (Å²) in [7, 11) is 1.75. The number of carbonyl (C=O) groups is 1. The highest BCUT2D eigenvalue weighted by atomic mass is 16.5. The number of nitrogens with zero attached hydrogens (tertiary/aromatic N) is 1. The molecule has 1 fully saturated rings. The average Bonchev–Trinajstić information content (AvgIpc) is 3.12. The first kappa shape index (κ1) is 18.3. The number of hydrogen-bond donors (Lipinski definition) is 1. The van der Waals surface area contributed by atoms with E-state index in [1.54, 1.807) is 13.3 Å². The average molecular weight is 348 g/mol. The first-order chi connectivity index (χ1) is 12.3. The third-order valence-electron chi connectivity index (χ3n) is 5.36. The highest BCUT2D eigenvalue weighted by Gasteiger charge is 2.34. The summed E-state index contributed by atoms with van der Waals surface area (Å²) in [6, 6.07) is 0. The monoisotopic (exact) mass is 348 g/mol. The molecule has 0 amide bonds. The Kier molecular flexibility index (Phi) is 6.39. The molecule has 6 heteroatoms. The van der Waals surface area contributed by atoms with Crippen molar-refractivity contribution >= 4 is 11.9 Å². The van der Waals surface area contributed by atoms with Gasteiger partial charge >= 0.3 is 0 Å². The largest absolute Gasteiger partial charge is 0.384 e. The van der Waals surface area contributed by atoms with E-state index in [4.69, 9.17) is 14.2 Å². The number of aldehydes is 1. The number of rotatable bonds is 8. The van der Waals surface area contributed by atoms with Crippen LogP contribution < -0.4 is 0 Å². The van der Waals surface area contributed by atoms with Crippen LogP contribution in [-0.2, 0) is 14.2 Å². The second-order valence-electron chi connectivity index (χ2n) is 7.24. The molecule has 1 N–H and O–H groups in total. The third-order valence-corrected chi connectivity index (χ3v) is 5.36. The zero-order chi connectivity index (χ0) is 17.5. The van der Waals surface area contributed by atoms with Gasteiger partial charge in [0.15, 0.2) is 6.29 Å². The van der Waals surface area contributed by atoms with Crippen LogP contribution in [0.3, 0.4) is 0 Å². The van der Waals surface area contributed by atoms with Gasteiger partial charge in [-0.05, 0) is 43.6 Å². The molecule has 3 rings (SSSR count). The minimum Gasteiger partial charge on any atom is -0.384 e. The second-order valence-corrected chi connectivity index (χ2v) is 7.24. The number of aromatic amines is 1. The van der Waals surface area contributed by atoms with E-state index in [-0.39, 0.29) is 5.41 Å². The van der Waals surface area contributed by atoms with Crippen molar-refractivity contribution in [2.75, 3.05) is 40.1 Å². The molecular formula is C19H28N2O4. The molecule has 1 unspecified atom stereocenters. The number of methoxy groups -OCH3 is 1. The predicted molar refractivity (Wildman–Crippen MR) is 94.5 cm³/mol. The lowest BCUT2D eigenvalue weighted by Crippen LogP contribution is -2.34. The summed E-state index contributed by atoms with van der Waals surface area (Å²) < 4.78 is 17.0. The van der Waals surface area contributed by atoms with Crippen LogP contribution in [0.25, 0.3) is 5.57 Å². The van der Waals surface area contributed by atoms with Gasteiger partial charge < -0.3 is 14.2 Å². The number of nitrogens with one attached hydrogen (secondary N) is 1. The molecule has 0 spiro atoms. The molecular weight excluding hydrogens is 320 g/mol. The fraction of sp³-hybridized carbons (Fsp3) is 0.684. The Balaban J connectivity index is 1.58. The van der Waals surface area contributed by atoms with Gasteiger partial charge in [-0.1, -0.05) is 6.08 Å². The first-order valence-corrected chi connectivity index (χ1v) is 9.09. The molecule has 1 aliphatic heterocycles. The van der Waals surface area contributed by atoms with E-state index < -0.39 is 0 Å². The van der Waals surface area contributed by atoms with E-state index in [1.807, 2.05) is 0 Å². The second kappa shape index (κ2) is 8.74. The maximum Gasteiger partial charge on any atom is 0.153 e. The molecule has 1 saturated heterocycles. The van der Waals surface area contributed by atoms with Crippen molar-refractivity contribution in [2.24, 2.45) is 11.3 Å². The summed E-state index contributed by atoms with van der Waals surface area (Å²) in [5.41, 5.74) is 2.56. The lowest BCUT2D eigenvalue weighted by Gasteiger charge is -2.36. The molecule has 138 valence electrons. The van der Waals surface area contributed by atoms with Gasteiger partial charge in [0, 0.05) is 38.5 Å². The van der Waals surface area contributed by atoms with Crippen molar-refractivity contribution in [3.8, 4) is 0 Å². The van der Waals surface area contributed by atoms with E-state index in [0.29, 0.717) is 24.7 Å². The van der Waals surface area contributed by atoms with Crippen LogP contribution in [-0.4, -0.2) is 56.6 Å². The quantitative estimate of drug-likeness (QED) is 0.731. The van der Waals surface area contributed by atoms with Gasteiger partial charge in [0.05, 0.1) is 24.5 Å². The highest BCUT2D eigenvalue weighted by Crippen LogP contribution is 2.39. The Hall–Kier alpha value is -1.50. The molecule has 0 radical (unpaired) electrons. The predicted octanol–water partition coefficient (Wildman–Crippen LogP) is 2.87. The standard InChI is InChI=1S/C19H28N2O4/c1-23-13-19(14-25-12-15-4-8-24-9-5-15)6-2-16(3-7-19)18-17(11-22)10-20-21-18/h2,10-11,15H,3-9,12-14H2,1H3,(H,20,21). The molecule has 1 atom stereocenters. The molecule has 2 heterocycles. The Morgan fingerprint density at radius 1 is 1.40 bits per heavy atom. The number of H-pyrrole nitrogens is 1. The molecule has 0 bridgehead atoms. The van der Waals surface area contributed by atoms with Gasteiger partial charge in [-0.25, -0.2) is 0 Å². The van der Waals surface area contributed by atoms with E-state index >= 15 is 0 Å². The summed E-state index contributed by atoms with van der Waals surface area (Å²) in [5, 5.41) is 7.01. The number of carbonyl (C=O) groups excluding carboxylic acids is 1. The number of hydrogen-bond acceptors (Lipinski definition) is 5. The molecule has 1 aromatic rings. The minimum absolute atomic E-state index is 0.0149. The van der Waals surface area contributed by atoms with Gasteiger partial charge in [0.2, 0.25) is 0 Å². The summed E-state index contributed by atoms with van der Waals surface area (Å²) in [6.07, 6.45) is 9.63. The fourth-order valence-corrected chi connectivity index (χ4v) is 3.77. The minimum atomic E-state index is 0.0149. The molecule has 0 aromatic carbocycles. The van der Waals surface area contributed by atoms with Crippen molar-refractivity contribution in [3.63, 3.8) is 0 Å². The van der Waals surface area contributed by atoms with Crippen LogP contribution in [0.15, 0.2) is 12.3 Å². The number of aromatic nitrogens is 2. The smallest absolute Gasteiger partial charge is 0.153 e. The lowest BCUT2D eigenvalue weighted by atomic mass is 9.75. The molecule has 0 saturated carbocycles. The molecule has 1 aliphatic carbocycles. The topological polar surface area (TPSA) is 73.4 Å². The van der Waals surface area contributed by atoms with E-state index in [1.165, 1.54) is 0 Å². The van der Waals surface area contributed by atoms with Crippen molar-refractivity contribution in [1.82, 2.24) is 10.2 Å². The van der Waals surface area contributed by atoms with Crippen LogP contribution >= 0.6 is 0 Å². The van der Waals surface area contributed by atoms with E-state index in [0.717, 1.165) is 69.5 Å². The first-order valence-electron chi connectivity index (χ1n) is 9.09. The Morgan fingerprint density at radius 3 is 2.92 bits per heavy atom. The summed E-state index contributed by atoms with van der Waals surface area (Å²) in [5.74, 6) is 0.613. The normalized spacial score (nSPS) is 24.9. The summed E-state index contributed by atoms with van der Waals surface area (Å²) >= 11 is 0. The van der Waals surface area contributed by atoms with Gasteiger partial charge in [0.1, 0.15) is 0 Å². The maximum absolute atomic E-state index is 11.1. The Labute approximate surface area is 148 Å². The Bertz CT molecular complexity index is 592. The van der Waals surface area contributed by atoms with Crippen molar-refractivity contribution in [1.29, 1.82) is 0 Å². The molecule has 2 aliphatic rings. The lowest BCUT2D eigenvalue weighted by molar-refractivity contribution is -0.0375. The van der Waals surface area contributed by atoms with Gasteiger partial charge in [0.25, 0.3) is 0 Å². The zero-order valence-electron chi connectivity index (χ0n) is 15.0. The fourth-order valence-electron chi connectivity index (χ4n) is 3.77. The van der Waals surface area contributed by atoms with Crippen LogP contribution in [0.4, 0.5) is 0 Å². The van der Waals surface area contributed by atoms with Crippen LogP contribution in [0.2, 0.25) is 0 Å². The van der Waals surface area contributed by atoms with Crippen molar-refractivity contribution < 1.29 is 19.0 Å². The zero-order valence-corrected chi connectivity index (χ0v) is 15.0. The van der Waals surface area contributed by atoms with Crippen LogP contribution in [0.1, 0.15) is 48.2 Å².